The van der Waals surface area contributed by atoms with Gasteiger partial charge < -0.3 is 24.2 Å². The summed E-state index contributed by atoms with van der Waals surface area (Å²) in [7, 11) is -9.12. The van der Waals surface area contributed by atoms with Crippen LogP contribution in [0.2, 0.25) is 0 Å². The number of ether oxygens (including phenoxy) is 2. The molecule has 0 heterocycles. The molecule has 0 aliphatic carbocycles. The Morgan fingerprint density at radius 3 is 1.53 bits per heavy atom. The van der Waals surface area contributed by atoms with Crippen molar-refractivity contribution in [2.75, 3.05) is 0 Å². The third-order valence-electron chi connectivity index (χ3n) is 7.81. The summed E-state index contributed by atoms with van der Waals surface area (Å²) in [5.74, 6) is 0.280. The maximum absolute atomic E-state index is 11.9. The van der Waals surface area contributed by atoms with Gasteiger partial charge in [0, 0.05) is 6.07 Å². The van der Waals surface area contributed by atoms with E-state index in [-0.39, 0.29) is 76.3 Å². The summed E-state index contributed by atoms with van der Waals surface area (Å²) in [6.07, 6.45) is 11.5. The predicted octanol–water partition coefficient (Wildman–Crippen LogP) is 8.53. The maximum Gasteiger partial charge on any atom is 2.00 e. The Kier molecular flexibility index (Phi) is 19.4. The van der Waals surface area contributed by atoms with Crippen LogP contribution in [0, 0.1) is 0 Å². The van der Waals surface area contributed by atoms with Crippen LogP contribution in [0.5, 0.6) is 34.5 Å². The van der Waals surface area contributed by atoms with Crippen molar-refractivity contribution in [1.82, 2.24) is 0 Å². The van der Waals surface area contributed by atoms with Gasteiger partial charge in [-0.05, 0) is 73.2 Å². The van der Waals surface area contributed by atoms with Gasteiger partial charge >= 0.3 is 37.7 Å². The van der Waals surface area contributed by atoms with Crippen LogP contribution >= 0.6 is 0 Å². The van der Waals surface area contributed by atoms with Gasteiger partial charge in [-0.3, -0.25) is 4.55 Å². The van der Waals surface area contributed by atoms with Crippen molar-refractivity contribution < 1.29 is 45.6 Å². The molecule has 0 aliphatic heterocycles. The predicted molar refractivity (Wildman–Crippen MR) is 195 cm³/mol. The van der Waals surface area contributed by atoms with E-state index in [2.05, 4.69) is 13.8 Å². The molecule has 4 aromatic carbocycles. The van der Waals surface area contributed by atoms with Gasteiger partial charge in [-0.2, -0.15) is 8.42 Å². The average molecular weight is 767 g/mol. The number of benzene rings is 4. The van der Waals surface area contributed by atoms with E-state index in [9.17, 15) is 36.2 Å². The summed E-state index contributed by atoms with van der Waals surface area (Å²) in [6, 6.07) is 21.4. The SMILES string of the molecule is CCCCCCCc1cccc(Oc2cccc(O)c2)c1S(=O)(=O)O.CCCCCCCc1cccc(Oc2cccc([O-])c2)c1S(=O)(=O)[O-].[Ca+2]. The van der Waals surface area contributed by atoms with E-state index in [1.807, 2.05) is 0 Å². The normalized spacial score (nSPS) is 11.2. The van der Waals surface area contributed by atoms with Crippen LogP contribution in [0.1, 0.15) is 89.2 Å². The summed E-state index contributed by atoms with van der Waals surface area (Å²) in [6.45, 7) is 4.26. The van der Waals surface area contributed by atoms with Gasteiger partial charge in [0.05, 0.1) is 0 Å². The summed E-state index contributed by atoms with van der Waals surface area (Å²) in [4.78, 5) is -0.532. The zero-order valence-electron chi connectivity index (χ0n) is 29.3. The fourth-order valence-electron chi connectivity index (χ4n) is 5.43. The van der Waals surface area contributed by atoms with Crippen LogP contribution in [0.4, 0.5) is 0 Å². The molecule has 0 spiro atoms. The van der Waals surface area contributed by atoms with Gasteiger partial charge in [0.15, 0.2) is 0 Å². The van der Waals surface area contributed by atoms with E-state index in [1.54, 1.807) is 42.5 Å². The molecule has 0 amide bonds. The molecule has 0 atom stereocenters. The zero-order chi connectivity index (χ0) is 36.6. The Morgan fingerprint density at radius 1 is 0.608 bits per heavy atom. The number of aromatic hydroxyl groups is 1. The molecule has 4 rings (SSSR count). The van der Waals surface area contributed by atoms with Crippen molar-refractivity contribution >= 4 is 58.0 Å². The molecule has 0 fully saturated rings. The van der Waals surface area contributed by atoms with Crippen LogP contribution < -0.4 is 14.6 Å². The van der Waals surface area contributed by atoms with Crippen molar-refractivity contribution in [3.8, 4) is 34.5 Å². The van der Waals surface area contributed by atoms with E-state index in [4.69, 9.17) is 9.47 Å². The Labute approximate surface area is 332 Å². The van der Waals surface area contributed by atoms with Crippen molar-refractivity contribution in [2.45, 2.75) is 101 Å². The molecular weight excluding hydrogens is 721 g/mol. The minimum absolute atomic E-state index is 0. The first-order valence-electron chi connectivity index (χ1n) is 16.9. The second-order valence-corrected chi connectivity index (χ2v) is 14.6. The van der Waals surface area contributed by atoms with Crippen LogP contribution in [-0.4, -0.2) is 68.8 Å². The number of phenols is 1. The van der Waals surface area contributed by atoms with Crippen molar-refractivity contribution in [2.24, 2.45) is 0 Å². The molecule has 4 aromatic rings. The fourth-order valence-corrected chi connectivity index (χ4v) is 7.14. The minimum atomic E-state index is -4.69. The van der Waals surface area contributed by atoms with Gasteiger partial charge in [0.1, 0.15) is 48.7 Å². The second-order valence-electron chi connectivity index (χ2n) is 11.9. The standard InChI is InChI=1S/2C19H24O5S.Ca/c2*1-2-3-4-5-6-9-15-10-7-13-18(19(15)25(21,22)23)24-17-12-8-11-16(20)14-17;/h2*7-8,10-14,20H,2-6,9H2,1H3,(H,21,22,23);/q;;+2/p-2. The summed E-state index contributed by atoms with van der Waals surface area (Å²) in [5.41, 5.74) is 0.999. The van der Waals surface area contributed by atoms with Crippen molar-refractivity contribution in [3.63, 3.8) is 0 Å². The Hall–Kier alpha value is -2.84. The van der Waals surface area contributed by atoms with Crippen LogP contribution in [0.15, 0.2) is 94.7 Å². The first-order chi connectivity index (χ1) is 23.8. The van der Waals surface area contributed by atoms with Crippen LogP contribution in [0.3, 0.4) is 0 Å². The molecule has 51 heavy (non-hydrogen) atoms. The average Bonchev–Trinajstić information content (AvgIpc) is 3.04. The van der Waals surface area contributed by atoms with Crippen molar-refractivity contribution in [3.05, 3.63) is 96.1 Å². The smallest absolute Gasteiger partial charge is 0.872 e. The third kappa shape index (κ3) is 15.3. The molecule has 272 valence electrons. The number of aryl methyl sites for hydroxylation is 2. The van der Waals surface area contributed by atoms with Gasteiger partial charge in [0.2, 0.25) is 0 Å². The quantitative estimate of drug-likeness (QED) is 0.0568. The first kappa shape index (κ1) is 44.3. The molecule has 0 radical (unpaired) electrons. The second kappa shape index (κ2) is 22.3. The van der Waals surface area contributed by atoms with E-state index < -0.39 is 20.2 Å². The molecule has 13 heteroatoms. The zero-order valence-corrected chi connectivity index (χ0v) is 33.1. The van der Waals surface area contributed by atoms with E-state index in [0.29, 0.717) is 29.7 Å². The van der Waals surface area contributed by atoms with Gasteiger partial charge in [-0.1, -0.05) is 108 Å². The Balaban J connectivity index is 0.000000347. The van der Waals surface area contributed by atoms with Gasteiger partial charge in [-0.25, -0.2) is 8.42 Å². The molecule has 2 N–H and O–H groups in total. The van der Waals surface area contributed by atoms with Gasteiger partial charge in [-0.15, -0.1) is 5.75 Å². The van der Waals surface area contributed by atoms with E-state index in [0.717, 1.165) is 64.2 Å². The molecule has 10 nitrogen and oxygen atoms in total. The van der Waals surface area contributed by atoms with Crippen LogP contribution in [0.25, 0.3) is 0 Å². The third-order valence-corrected chi connectivity index (χ3v) is 9.75. The molecule has 0 saturated heterocycles. The first-order valence-corrected chi connectivity index (χ1v) is 19.8. The Bertz CT molecular complexity index is 1740. The molecule has 0 aromatic heterocycles. The number of rotatable bonds is 18. The van der Waals surface area contributed by atoms with Gasteiger partial charge in [0.25, 0.3) is 10.1 Å². The van der Waals surface area contributed by atoms with E-state index in [1.165, 1.54) is 42.5 Å². The Morgan fingerprint density at radius 2 is 1.06 bits per heavy atom. The summed E-state index contributed by atoms with van der Waals surface area (Å²) >= 11 is 0. The molecular formula is C38H46CaO10S2. The summed E-state index contributed by atoms with van der Waals surface area (Å²) < 4.78 is 79.9. The molecule has 0 unspecified atom stereocenters. The summed E-state index contributed by atoms with van der Waals surface area (Å²) in [5, 5.41) is 20.9. The van der Waals surface area contributed by atoms with Crippen LogP contribution in [-0.2, 0) is 33.1 Å². The largest absolute Gasteiger partial charge is 2.00 e. The molecule has 0 bridgehead atoms. The monoisotopic (exact) mass is 766 g/mol. The molecule has 0 aliphatic rings. The topological polar surface area (TPSA) is 173 Å². The molecule has 0 saturated carbocycles. The maximum atomic E-state index is 11.9. The fraction of sp³-hybridized carbons (Fsp3) is 0.368. The number of hydrogen-bond acceptors (Lipinski definition) is 9. The van der Waals surface area contributed by atoms with Crippen molar-refractivity contribution in [1.29, 1.82) is 0 Å². The number of phenolic OH excluding ortho intramolecular Hbond substituents is 1. The van der Waals surface area contributed by atoms with E-state index >= 15 is 0 Å². The number of hydrogen-bond donors (Lipinski definition) is 2. The minimum Gasteiger partial charge on any atom is -0.872 e. The number of unbranched alkanes of at least 4 members (excludes halogenated alkanes) is 8.